The topological polar surface area (TPSA) is 59.1 Å². The second kappa shape index (κ2) is 9.70. The number of nitrogens with two attached hydrogens (primary N) is 1. The van der Waals surface area contributed by atoms with E-state index in [1.165, 1.54) is 25.7 Å². The maximum absolute atomic E-state index is 7.75. The first-order valence-electron chi connectivity index (χ1n) is 7.43. The van der Waals surface area contributed by atoms with Crippen LogP contribution in [0.5, 0.6) is 5.75 Å². The number of hydrogen-bond acceptors (Lipinski definition) is 3. The smallest absolute Gasteiger partial charge is 0.131 e. The zero-order valence-electron chi connectivity index (χ0n) is 12.6. The van der Waals surface area contributed by atoms with Gasteiger partial charge < -0.3 is 10.5 Å². The first-order chi connectivity index (χ1) is 9.70. The highest BCUT2D eigenvalue weighted by Gasteiger charge is 2.12. The number of amidine groups is 1. The lowest BCUT2D eigenvalue weighted by molar-refractivity contribution is 0.303. The fourth-order valence-electron chi connectivity index (χ4n) is 2.06. The van der Waals surface area contributed by atoms with Crippen LogP contribution in [0.4, 0.5) is 0 Å². The quantitative estimate of drug-likeness (QED) is 0.290. The average molecular weight is 294 g/mol. The van der Waals surface area contributed by atoms with Crippen LogP contribution in [-0.4, -0.2) is 18.2 Å². The van der Waals surface area contributed by atoms with Gasteiger partial charge in [0.25, 0.3) is 0 Å². The SMILES string of the molecule is CCCCCCCOc1cccc(SCC)c1C(=N)N. The average Bonchev–Trinajstić information content (AvgIpc) is 2.43. The number of ether oxygens (including phenoxy) is 1. The van der Waals surface area contributed by atoms with Gasteiger partial charge in [-0.25, -0.2) is 0 Å². The fourth-order valence-corrected chi connectivity index (χ4v) is 2.90. The summed E-state index contributed by atoms with van der Waals surface area (Å²) in [4.78, 5) is 1.03. The van der Waals surface area contributed by atoms with Crippen LogP contribution in [0.25, 0.3) is 0 Å². The Morgan fingerprint density at radius 3 is 2.60 bits per heavy atom. The van der Waals surface area contributed by atoms with Crippen molar-refractivity contribution in [3.8, 4) is 5.75 Å². The zero-order valence-corrected chi connectivity index (χ0v) is 13.4. The van der Waals surface area contributed by atoms with Gasteiger partial charge in [0.1, 0.15) is 11.6 Å². The van der Waals surface area contributed by atoms with Gasteiger partial charge in [0.05, 0.1) is 12.2 Å². The van der Waals surface area contributed by atoms with Gasteiger partial charge in [-0.3, -0.25) is 5.41 Å². The van der Waals surface area contributed by atoms with Crippen LogP contribution in [0.2, 0.25) is 0 Å². The third kappa shape index (κ3) is 5.45. The Morgan fingerprint density at radius 1 is 1.20 bits per heavy atom. The van der Waals surface area contributed by atoms with Crippen LogP contribution >= 0.6 is 11.8 Å². The van der Waals surface area contributed by atoms with Gasteiger partial charge in [-0.1, -0.05) is 45.6 Å². The van der Waals surface area contributed by atoms with Crippen LogP contribution in [0.1, 0.15) is 51.5 Å². The Hall–Kier alpha value is -1.16. The van der Waals surface area contributed by atoms with Crippen LogP contribution in [0, 0.1) is 5.41 Å². The molecule has 0 saturated carbocycles. The summed E-state index contributed by atoms with van der Waals surface area (Å²) in [5, 5.41) is 7.75. The number of nitrogens with one attached hydrogen (secondary N) is 1. The molecule has 0 heterocycles. The van der Waals surface area contributed by atoms with Crippen LogP contribution < -0.4 is 10.5 Å². The fraction of sp³-hybridized carbons (Fsp3) is 0.562. The molecule has 3 N–H and O–H groups in total. The Balaban J connectivity index is 2.60. The summed E-state index contributed by atoms with van der Waals surface area (Å²) in [6.45, 7) is 5.01. The number of hydrogen-bond donors (Lipinski definition) is 2. The van der Waals surface area contributed by atoms with E-state index in [9.17, 15) is 0 Å². The van der Waals surface area contributed by atoms with E-state index in [1.54, 1.807) is 11.8 Å². The second-order valence-electron chi connectivity index (χ2n) is 4.74. The summed E-state index contributed by atoms with van der Waals surface area (Å²) < 4.78 is 5.83. The number of unbranched alkanes of at least 4 members (excludes halogenated alkanes) is 4. The zero-order chi connectivity index (χ0) is 14.8. The summed E-state index contributed by atoms with van der Waals surface area (Å²) in [5.74, 6) is 1.79. The van der Waals surface area contributed by atoms with Gasteiger partial charge in [0, 0.05) is 4.90 Å². The van der Waals surface area contributed by atoms with Crippen molar-refractivity contribution in [2.24, 2.45) is 5.73 Å². The molecule has 1 aromatic rings. The molecule has 112 valence electrons. The van der Waals surface area contributed by atoms with Crippen molar-refractivity contribution in [2.75, 3.05) is 12.4 Å². The minimum atomic E-state index is 0.0857. The molecule has 4 heteroatoms. The normalized spacial score (nSPS) is 10.5. The van der Waals surface area contributed by atoms with Crippen molar-refractivity contribution in [1.29, 1.82) is 5.41 Å². The predicted molar refractivity (Wildman–Crippen MR) is 88.1 cm³/mol. The second-order valence-corrected chi connectivity index (χ2v) is 6.04. The molecule has 0 aliphatic heterocycles. The maximum atomic E-state index is 7.75. The van der Waals surface area contributed by atoms with Crippen molar-refractivity contribution >= 4 is 17.6 Å². The largest absolute Gasteiger partial charge is 0.493 e. The van der Waals surface area contributed by atoms with E-state index in [-0.39, 0.29) is 5.84 Å². The van der Waals surface area contributed by atoms with E-state index < -0.39 is 0 Å². The van der Waals surface area contributed by atoms with E-state index in [0.29, 0.717) is 6.61 Å². The molecule has 0 unspecified atom stereocenters. The van der Waals surface area contributed by atoms with Crippen molar-refractivity contribution in [3.05, 3.63) is 23.8 Å². The summed E-state index contributed by atoms with van der Waals surface area (Å²) in [6.07, 6.45) is 6.08. The molecule has 0 saturated heterocycles. The summed E-state index contributed by atoms with van der Waals surface area (Å²) in [6, 6.07) is 5.87. The molecular formula is C16H26N2OS. The summed E-state index contributed by atoms with van der Waals surface area (Å²) in [7, 11) is 0. The predicted octanol–water partition coefficient (Wildman–Crippen LogP) is 4.43. The third-order valence-corrected chi connectivity index (χ3v) is 4.00. The molecule has 0 aromatic heterocycles. The maximum Gasteiger partial charge on any atom is 0.131 e. The molecule has 0 bridgehead atoms. The monoisotopic (exact) mass is 294 g/mol. The Kier molecular flexibility index (Phi) is 8.19. The molecule has 1 aromatic carbocycles. The Morgan fingerprint density at radius 2 is 1.95 bits per heavy atom. The lowest BCUT2D eigenvalue weighted by Gasteiger charge is -2.14. The van der Waals surface area contributed by atoms with Gasteiger partial charge in [-0.2, -0.15) is 0 Å². The van der Waals surface area contributed by atoms with Gasteiger partial charge in [-0.05, 0) is 24.3 Å². The Bertz CT molecular complexity index is 421. The van der Waals surface area contributed by atoms with Crippen molar-refractivity contribution in [3.63, 3.8) is 0 Å². The highest BCUT2D eigenvalue weighted by molar-refractivity contribution is 7.99. The van der Waals surface area contributed by atoms with E-state index in [2.05, 4.69) is 13.8 Å². The van der Waals surface area contributed by atoms with Crippen LogP contribution in [-0.2, 0) is 0 Å². The molecule has 0 aliphatic rings. The van der Waals surface area contributed by atoms with Crippen LogP contribution in [0.3, 0.4) is 0 Å². The van der Waals surface area contributed by atoms with E-state index in [0.717, 1.165) is 28.4 Å². The molecule has 0 amide bonds. The molecule has 0 radical (unpaired) electrons. The van der Waals surface area contributed by atoms with E-state index >= 15 is 0 Å². The van der Waals surface area contributed by atoms with Crippen LogP contribution in [0.15, 0.2) is 23.1 Å². The molecule has 20 heavy (non-hydrogen) atoms. The van der Waals surface area contributed by atoms with Crippen molar-refractivity contribution in [2.45, 2.75) is 50.8 Å². The first kappa shape index (κ1) is 16.9. The van der Waals surface area contributed by atoms with E-state index in [1.807, 2.05) is 18.2 Å². The number of rotatable bonds is 10. The molecule has 0 aliphatic carbocycles. The summed E-state index contributed by atoms with van der Waals surface area (Å²) >= 11 is 1.69. The van der Waals surface area contributed by atoms with Crippen molar-refractivity contribution < 1.29 is 4.74 Å². The Labute approximate surface area is 126 Å². The number of thioether (sulfide) groups is 1. The molecular weight excluding hydrogens is 268 g/mol. The lowest BCUT2D eigenvalue weighted by Crippen LogP contribution is -2.15. The summed E-state index contributed by atoms with van der Waals surface area (Å²) in [5.41, 5.74) is 6.45. The standard InChI is InChI=1S/C16H26N2OS/c1-3-5-6-7-8-12-19-13-10-9-11-14(20-4-2)15(13)16(17)18/h9-11H,3-8,12H2,1-2H3,(H3,17,18). The molecule has 0 atom stereocenters. The minimum absolute atomic E-state index is 0.0857. The van der Waals surface area contributed by atoms with E-state index in [4.69, 9.17) is 15.9 Å². The van der Waals surface area contributed by atoms with Gasteiger partial charge in [-0.15, -0.1) is 11.8 Å². The molecule has 0 fully saturated rings. The van der Waals surface area contributed by atoms with Crippen molar-refractivity contribution in [1.82, 2.24) is 0 Å². The molecule has 1 rings (SSSR count). The first-order valence-corrected chi connectivity index (χ1v) is 8.42. The molecule has 0 spiro atoms. The minimum Gasteiger partial charge on any atom is -0.493 e. The lowest BCUT2D eigenvalue weighted by atomic mass is 10.1. The molecule has 3 nitrogen and oxygen atoms in total. The highest BCUT2D eigenvalue weighted by Crippen LogP contribution is 2.29. The number of nitrogen functional groups attached to an aromatic ring is 1. The van der Waals surface area contributed by atoms with Gasteiger partial charge in [0.2, 0.25) is 0 Å². The highest BCUT2D eigenvalue weighted by atomic mass is 32.2. The van der Waals surface area contributed by atoms with Gasteiger partial charge in [0.15, 0.2) is 0 Å². The third-order valence-electron chi connectivity index (χ3n) is 3.06. The number of benzene rings is 1. The van der Waals surface area contributed by atoms with Gasteiger partial charge >= 0.3 is 0 Å².